The molecule has 0 bridgehead atoms. The quantitative estimate of drug-likeness (QED) is 0.769. The number of rotatable bonds is 7. The Hall–Kier alpha value is -1.18. The van der Waals surface area contributed by atoms with Crippen LogP contribution in [0.2, 0.25) is 0 Å². The Morgan fingerprint density at radius 1 is 1.44 bits per heavy atom. The lowest BCUT2D eigenvalue weighted by atomic mass is 10.3. The summed E-state index contributed by atoms with van der Waals surface area (Å²) in [5.74, 6) is 0.623. The van der Waals surface area contributed by atoms with Crippen molar-refractivity contribution in [2.45, 2.75) is 24.3 Å². The van der Waals surface area contributed by atoms with Crippen LogP contribution < -0.4 is 10.0 Å². The van der Waals surface area contributed by atoms with Crippen LogP contribution in [0.15, 0.2) is 23.2 Å². The van der Waals surface area contributed by atoms with E-state index in [9.17, 15) is 8.42 Å². The summed E-state index contributed by atoms with van der Waals surface area (Å²) in [5.41, 5.74) is 0. The van der Waals surface area contributed by atoms with E-state index in [2.05, 4.69) is 15.0 Å². The molecule has 0 radical (unpaired) electrons. The molecule has 7 heteroatoms. The maximum atomic E-state index is 12.0. The second-order valence-corrected chi connectivity index (χ2v) is 5.52. The van der Waals surface area contributed by atoms with Gasteiger partial charge in [0.25, 0.3) is 0 Å². The first-order valence-corrected chi connectivity index (χ1v) is 7.17. The van der Waals surface area contributed by atoms with E-state index in [0.717, 1.165) is 0 Å². The van der Waals surface area contributed by atoms with Gasteiger partial charge in [0.1, 0.15) is 10.7 Å². The number of sulfonamides is 1. The largest absolute Gasteiger partial charge is 0.383 e. The number of aromatic nitrogens is 1. The molecule has 0 saturated carbocycles. The molecule has 1 aromatic heterocycles. The van der Waals surface area contributed by atoms with E-state index in [1.807, 2.05) is 6.92 Å². The van der Waals surface area contributed by atoms with Crippen molar-refractivity contribution in [1.82, 2.24) is 9.71 Å². The van der Waals surface area contributed by atoms with E-state index in [0.29, 0.717) is 18.8 Å². The van der Waals surface area contributed by atoms with Crippen LogP contribution in [0.1, 0.15) is 13.3 Å². The van der Waals surface area contributed by atoms with Gasteiger partial charge in [-0.1, -0.05) is 6.92 Å². The molecular weight excluding hydrogens is 254 g/mol. The van der Waals surface area contributed by atoms with E-state index in [4.69, 9.17) is 4.74 Å². The normalized spacial score (nSPS) is 13.3. The van der Waals surface area contributed by atoms with Gasteiger partial charge in [0.2, 0.25) is 10.0 Å². The van der Waals surface area contributed by atoms with E-state index >= 15 is 0 Å². The van der Waals surface area contributed by atoms with Gasteiger partial charge in [-0.25, -0.2) is 18.1 Å². The predicted octanol–water partition coefficient (Wildman–Crippen LogP) is 0.827. The second kappa shape index (κ2) is 6.67. The molecule has 0 aliphatic heterocycles. The highest BCUT2D eigenvalue weighted by atomic mass is 32.2. The minimum absolute atomic E-state index is 0.149. The molecule has 1 rings (SSSR count). The Morgan fingerprint density at radius 3 is 2.61 bits per heavy atom. The summed E-state index contributed by atoms with van der Waals surface area (Å²) in [7, 11) is -0.274. The third-order valence-corrected chi connectivity index (χ3v) is 3.99. The molecule has 0 aliphatic rings. The van der Waals surface area contributed by atoms with Gasteiger partial charge in [0.05, 0.1) is 6.61 Å². The zero-order chi connectivity index (χ0) is 13.6. The van der Waals surface area contributed by atoms with Crippen LogP contribution in [-0.4, -0.2) is 40.2 Å². The number of hydrogen-bond acceptors (Lipinski definition) is 5. The Bertz CT molecular complexity index is 459. The first kappa shape index (κ1) is 14.9. The number of pyridine rings is 1. The van der Waals surface area contributed by atoms with Crippen molar-refractivity contribution < 1.29 is 13.2 Å². The van der Waals surface area contributed by atoms with Gasteiger partial charge in [-0.2, -0.15) is 0 Å². The Balaban J connectivity index is 2.84. The number of hydrogen-bond donors (Lipinski definition) is 2. The molecule has 0 aliphatic carbocycles. The van der Waals surface area contributed by atoms with E-state index < -0.39 is 10.0 Å². The molecule has 0 fully saturated rings. The van der Waals surface area contributed by atoms with Crippen LogP contribution >= 0.6 is 0 Å². The van der Waals surface area contributed by atoms with Gasteiger partial charge in [0.15, 0.2) is 0 Å². The fourth-order valence-electron chi connectivity index (χ4n) is 1.41. The van der Waals surface area contributed by atoms with Crippen molar-refractivity contribution in [3.8, 4) is 0 Å². The summed E-state index contributed by atoms with van der Waals surface area (Å²) < 4.78 is 31.6. The Morgan fingerprint density at radius 2 is 2.17 bits per heavy atom. The summed E-state index contributed by atoms with van der Waals surface area (Å²) in [6.07, 6.45) is 1.99. The molecule has 1 aromatic rings. The number of nitrogens with zero attached hydrogens (tertiary/aromatic N) is 1. The van der Waals surface area contributed by atoms with Crippen LogP contribution in [0, 0.1) is 0 Å². The minimum atomic E-state index is -3.54. The standard InChI is InChI=1S/C11H19N3O3S/c1-4-9(8-17-3)14-18(15,16)10-5-6-11(12-2)13-7-10/h5-7,9,14H,4,8H2,1-3H3,(H,12,13). The van der Waals surface area contributed by atoms with Crippen LogP contribution in [0.3, 0.4) is 0 Å². The van der Waals surface area contributed by atoms with Crippen molar-refractivity contribution in [3.63, 3.8) is 0 Å². The molecule has 0 aromatic carbocycles. The number of nitrogens with one attached hydrogen (secondary N) is 2. The molecule has 2 N–H and O–H groups in total. The fraction of sp³-hybridized carbons (Fsp3) is 0.545. The summed E-state index contributed by atoms with van der Waals surface area (Å²) in [6, 6.07) is 2.90. The highest BCUT2D eigenvalue weighted by molar-refractivity contribution is 7.89. The zero-order valence-corrected chi connectivity index (χ0v) is 11.6. The first-order chi connectivity index (χ1) is 8.53. The lowest BCUT2D eigenvalue weighted by Crippen LogP contribution is -2.37. The molecule has 0 spiro atoms. The van der Waals surface area contributed by atoms with E-state index in [1.165, 1.54) is 12.3 Å². The molecule has 1 atom stereocenters. The van der Waals surface area contributed by atoms with Gasteiger partial charge >= 0.3 is 0 Å². The summed E-state index contributed by atoms with van der Waals surface area (Å²) in [5, 5.41) is 2.83. The van der Waals surface area contributed by atoms with Crippen LogP contribution in [0.5, 0.6) is 0 Å². The Kier molecular flexibility index (Phi) is 5.52. The molecule has 1 heterocycles. The SMILES string of the molecule is CCC(COC)NS(=O)(=O)c1ccc(NC)nc1. The third-order valence-electron chi connectivity index (χ3n) is 2.49. The van der Waals surface area contributed by atoms with Gasteiger partial charge in [-0.3, -0.25) is 0 Å². The van der Waals surface area contributed by atoms with Crippen molar-refractivity contribution in [3.05, 3.63) is 18.3 Å². The van der Waals surface area contributed by atoms with E-state index in [-0.39, 0.29) is 10.9 Å². The molecule has 0 saturated heterocycles. The topological polar surface area (TPSA) is 80.3 Å². The lowest BCUT2D eigenvalue weighted by Gasteiger charge is -2.16. The van der Waals surface area contributed by atoms with Gasteiger partial charge < -0.3 is 10.1 Å². The number of methoxy groups -OCH3 is 1. The second-order valence-electron chi connectivity index (χ2n) is 3.81. The van der Waals surface area contributed by atoms with Crippen LogP contribution in [-0.2, 0) is 14.8 Å². The first-order valence-electron chi connectivity index (χ1n) is 5.68. The average molecular weight is 273 g/mol. The number of anilines is 1. The van der Waals surface area contributed by atoms with Crippen molar-refractivity contribution in [1.29, 1.82) is 0 Å². The Labute approximate surface area is 108 Å². The van der Waals surface area contributed by atoms with Crippen molar-refractivity contribution >= 4 is 15.8 Å². The molecular formula is C11H19N3O3S. The van der Waals surface area contributed by atoms with Gasteiger partial charge in [0, 0.05) is 26.4 Å². The summed E-state index contributed by atoms with van der Waals surface area (Å²) >= 11 is 0. The smallest absolute Gasteiger partial charge is 0.242 e. The molecule has 1 unspecified atom stereocenters. The lowest BCUT2D eigenvalue weighted by molar-refractivity contribution is 0.173. The minimum Gasteiger partial charge on any atom is -0.383 e. The van der Waals surface area contributed by atoms with Gasteiger partial charge in [-0.05, 0) is 18.6 Å². The molecule has 18 heavy (non-hydrogen) atoms. The highest BCUT2D eigenvalue weighted by Gasteiger charge is 2.19. The molecule has 0 amide bonds. The maximum Gasteiger partial charge on any atom is 0.242 e. The highest BCUT2D eigenvalue weighted by Crippen LogP contribution is 2.11. The monoisotopic (exact) mass is 273 g/mol. The molecule has 102 valence electrons. The fourth-order valence-corrected chi connectivity index (χ4v) is 2.66. The van der Waals surface area contributed by atoms with Gasteiger partial charge in [-0.15, -0.1) is 0 Å². The predicted molar refractivity (Wildman–Crippen MR) is 70.1 cm³/mol. The third kappa shape index (κ3) is 3.94. The molecule has 6 nitrogen and oxygen atoms in total. The maximum absolute atomic E-state index is 12.0. The van der Waals surface area contributed by atoms with Crippen molar-refractivity contribution in [2.24, 2.45) is 0 Å². The summed E-state index contributed by atoms with van der Waals surface area (Å²) in [6.45, 7) is 2.24. The summed E-state index contributed by atoms with van der Waals surface area (Å²) in [4.78, 5) is 4.13. The average Bonchev–Trinajstić information content (AvgIpc) is 2.38. The van der Waals surface area contributed by atoms with Crippen LogP contribution in [0.25, 0.3) is 0 Å². The zero-order valence-electron chi connectivity index (χ0n) is 10.8. The van der Waals surface area contributed by atoms with Crippen LogP contribution in [0.4, 0.5) is 5.82 Å². The number of ether oxygens (including phenoxy) is 1. The van der Waals surface area contributed by atoms with E-state index in [1.54, 1.807) is 20.2 Å². The van der Waals surface area contributed by atoms with Crippen molar-refractivity contribution in [2.75, 3.05) is 26.1 Å².